The molecule has 0 aliphatic rings. The Kier molecular flexibility index (Phi) is 7.73. The molecule has 0 aromatic heterocycles. The van der Waals surface area contributed by atoms with E-state index in [0.717, 1.165) is 77.9 Å². The Morgan fingerprint density at radius 2 is 0.932 bits per heavy atom. The van der Waals surface area contributed by atoms with Crippen LogP contribution >= 0.6 is 0 Å². The van der Waals surface area contributed by atoms with Crippen molar-refractivity contribution in [2.24, 2.45) is 0 Å². The highest BCUT2D eigenvalue weighted by molar-refractivity contribution is 6.25. The molecule has 0 fully saturated rings. The van der Waals surface area contributed by atoms with Crippen molar-refractivity contribution >= 4 is 55.0 Å². The maximum Gasteiger partial charge on any atom is 0.348 e. The van der Waals surface area contributed by atoms with Crippen molar-refractivity contribution in [1.82, 2.24) is 0 Å². The monoisotopic (exact) mass is 582 g/mol. The fourth-order valence-corrected chi connectivity index (χ4v) is 5.86. The summed E-state index contributed by atoms with van der Waals surface area (Å²) in [7, 11) is 0. The van der Waals surface area contributed by atoms with Crippen LogP contribution in [-0.2, 0) is 19.1 Å². The Hall–Kier alpha value is -5.62. The molecule has 0 N–H and O–H groups in total. The van der Waals surface area contributed by atoms with Crippen molar-refractivity contribution in [3.05, 3.63) is 122 Å². The Morgan fingerprint density at radius 3 is 1.32 bits per heavy atom. The van der Waals surface area contributed by atoms with Crippen LogP contribution in [0.15, 0.2) is 111 Å². The lowest BCUT2D eigenvalue weighted by atomic mass is 9.86. The number of hydrogen-bond donors (Lipinski definition) is 0. The zero-order chi connectivity index (χ0) is 30.8. The molecule has 0 amide bonds. The van der Waals surface area contributed by atoms with Crippen molar-refractivity contribution in [3.63, 3.8) is 0 Å². The molecule has 6 nitrogen and oxygen atoms in total. The third-order valence-corrected chi connectivity index (χ3v) is 7.61. The van der Waals surface area contributed by atoms with Gasteiger partial charge in [0.2, 0.25) is 0 Å². The van der Waals surface area contributed by atoms with E-state index in [2.05, 4.69) is 51.3 Å². The van der Waals surface area contributed by atoms with E-state index in [1.54, 1.807) is 0 Å². The Labute approximate surface area is 254 Å². The van der Waals surface area contributed by atoms with E-state index >= 15 is 0 Å². The van der Waals surface area contributed by atoms with Crippen LogP contribution in [-0.4, -0.2) is 25.2 Å². The summed E-state index contributed by atoms with van der Waals surface area (Å²) in [4.78, 5) is 25.1. The molecule has 218 valence electrons. The Balaban J connectivity index is 1.79. The molecule has 0 saturated carbocycles. The van der Waals surface area contributed by atoms with Crippen molar-refractivity contribution in [1.29, 1.82) is 0 Å². The summed E-state index contributed by atoms with van der Waals surface area (Å²) in [6.07, 6.45) is 2.17. The first-order chi connectivity index (χ1) is 21.4. The minimum absolute atomic E-state index is 0.340. The second-order valence-corrected chi connectivity index (χ2v) is 10.5. The van der Waals surface area contributed by atoms with Gasteiger partial charge in [-0.1, -0.05) is 109 Å². The number of rotatable bonds is 9. The highest BCUT2D eigenvalue weighted by atomic mass is 16.6. The fourth-order valence-electron chi connectivity index (χ4n) is 5.86. The number of carbonyl (C=O) groups excluding carboxylic acids is 2. The van der Waals surface area contributed by atoms with Gasteiger partial charge < -0.3 is 18.9 Å². The fraction of sp³-hybridized carbons (Fsp3) is 0.105. The molecule has 0 atom stereocenters. The van der Waals surface area contributed by atoms with Crippen LogP contribution in [0, 0.1) is 13.8 Å². The number of benzene rings is 6. The molecule has 0 saturated heterocycles. The summed E-state index contributed by atoms with van der Waals surface area (Å²) in [5.41, 5.74) is 3.66. The molecule has 0 bridgehead atoms. The van der Waals surface area contributed by atoms with E-state index in [1.165, 1.54) is 0 Å². The first kappa shape index (κ1) is 28.5. The summed E-state index contributed by atoms with van der Waals surface area (Å²) in [6.45, 7) is 10.4. The summed E-state index contributed by atoms with van der Waals surface area (Å²) in [6, 6.07) is 28.4. The van der Waals surface area contributed by atoms with Crippen LogP contribution in [0.2, 0.25) is 0 Å². The first-order valence-electron chi connectivity index (χ1n) is 14.2. The molecule has 0 unspecified atom stereocenters. The van der Waals surface area contributed by atoms with Crippen molar-refractivity contribution < 1.29 is 28.5 Å². The molecule has 0 heterocycles. The van der Waals surface area contributed by atoms with Crippen LogP contribution in [0.3, 0.4) is 0 Å². The van der Waals surface area contributed by atoms with Gasteiger partial charge in [-0.3, -0.25) is 0 Å². The van der Waals surface area contributed by atoms with Gasteiger partial charge in [-0.2, -0.15) is 0 Å². The lowest BCUT2D eigenvalue weighted by Crippen LogP contribution is -2.14. The minimum atomic E-state index is -0.582. The van der Waals surface area contributed by atoms with Gasteiger partial charge in [-0.05, 0) is 46.2 Å². The van der Waals surface area contributed by atoms with Gasteiger partial charge in [0.15, 0.2) is 13.2 Å². The third kappa shape index (κ3) is 5.11. The predicted molar refractivity (Wildman–Crippen MR) is 175 cm³/mol. The number of fused-ring (bicyclic) bond motifs is 6. The van der Waals surface area contributed by atoms with Crippen LogP contribution in [0.25, 0.3) is 54.2 Å². The maximum atomic E-state index is 12.5. The molecule has 44 heavy (non-hydrogen) atoms. The van der Waals surface area contributed by atoms with Gasteiger partial charge in [0.05, 0.1) is 12.5 Å². The predicted octanol–water partition coefficient (Wildman–Crippen LogP) is 8.71. The molecule has 6 heteroatoms. The summed E-state index contributed by atoms with van der Waals surface area (Å²) in [5, 5.41) is 7.41. The molecule has 0 aliphatic carbocycles. The lowest BCUT2D eigenvalue weighted by molar-refractivity contribution is -0.141. The number of carbonyl (C=O) groups is 2. The average Bonchev–Trinajstić information content (AvgIpc) is 3.03. The Morgan fingerprint density at radius 1 is 0.545 bits per heavy atom. The third-order valence-electron chi connectivity index (χ3n) is 7.61. The SMILES string of the molecule is C=COC(=O)COc1c(-c2c(OCC(=O)OC=C)c3ccccc3c3cc(C)ccc23)c2ccc(C)cc2c2ccccc12. The normalized spacial score (nSPS) is 11.0. The quantitative estimate of drug-likeness (QED) is 0.0965. The van der Waals surface area contributed by atoms with Gasteiger partial charge >= 0.3 is 11.9 Å². The van der Waals surface area contributed by atoms with Crippen molar-refractivity contribution in [2.45, 2.75) is 13.8 Å². The number of hydrogen-bond acceptors (Lipinski definition) is 6. The topological polar surface area (TPSA) is 71.1 Å². The molecule has 6 rings (SSSR count). The number of aryl methyl sites for hydroxylation is 2. The zero-order valence-electron chi connectivity index (χ0n) is 24.5. The van der Waals surface area contributed by atoms with E-state index in [4.69, 9.17) is 18.9 Å². The standard InChI is InChI=1S/C38H30O6/c1-5-41-33(39)21-43-37-29-13-9-7-11-25(29)31-19-23(3)15-17-27(31)35(37)36-28-18-16-24(4)20-32(28)26-12-8-10-14-30(26)38(36)44-22-34(40)42-6-2/h5-20H,1-2,21-22H2,3-4H3. The number of ether oxygens (including phenoxy) is 4. The second kappa shape index (κ2) is 11.9. The molecular weight excluding hydrogens is 552 g/mol. The highest BCUT2D eigenvalue weighted by Gasteiger charge is 2.26. The van der Waals surface area contributed by atoms with Gasteiger partial charge in [0.1, 0.15) is 11.5 Å². The van der Waals surface area contributed by atoms with E-state index in [9.17, 15) is 9.59 Å². The first-order valence-corrected chi connectivity index (χ1v) is 14.2. The summed E-state index contributed by atoms with van der Waals surface area (Å²) < 4.78 is 22.7. The summed E-state index contributed by atoms with van der Waals surface area (Å²) in [5.74, 6) is -0.175. The molecule has 6 aromatic carbocycles. The van der Waals surface area contributed by atoms with E-state index in [-0.39, 0.29) is 13.2 Å². The highest BCUT2D eigenvalue weighted by Crippen LogP contribution is 2.52. The maximum absolute atomic E-state index is 12.5. The molecule has 6 aromatic rings. The van der Waals surface area contributed by atoms with E-state index in [1.807, 2.05) is 60.7 Å². The Bertz CT molecular complexity index is 1970. The molecule has 0 radical (unpaired) electrons. The van der Waals surface area contributed by atoms with Gasteiger partial charge in [-0.15, -0.1) is 0 Å². The molecule has 0 aliphatic heterocycles. The van der Waals surface area contributed by atoms with Crippen molar-refractivity contribution in [3.8, 4) is 22.6 Å². The van der Waals surface area contributed by atoms with E-state index in [0.29, 0.717) is 11.5 Å². The second-order valence-electron chi connectivity index (χ2n) is 10.5. The average molecular weight is 583 g/mol. The van der Waals surface area contributed by atoms with Crippen molar-refractivity contribution in [2.75, 3.05) is 13.2 Å². The number of esters is 2. The van der Waals surface area contributed by atoms with Gasteiger partial charge in [0.25, 0.3) is 0 Å². The minimum Gasteiger partial charge on any atom is -0.481 e. The zero-order valence-corrected chi connectivity index (χ0v) is 24.5. The molecular formula is C38H30O6. The van der Waals surface area contributed by atoms with Gasteiger partial charge in [-0.25, -0.2) is 9.59 Å². The van der Waals surface area contributed by atoms with Gasteiger partial charge in [0, 0.05) is 21.9 Å². The largest absolute Gasteiger partial charge is 0.481 e. The lowest BCUT2D eigenvalue weighted by Gasteiger charge is -2.23. The van der Waals surface area contributed by atoms with Crippen LogP contribution in [0.5, 0.6) is 11.5 Å². The van der Waals surface area contributed by atoms with Crippen LogP contribution < -0.4 is 9.47 Å². The van der Waals surface area contributed by atoms with Crippen LogP contribution in [0.4, 0.5) is 0 Å². The summed E-state index contributed by atoms with van der Waals surface area (Å²) >= 11 is 0. The smallest absolute Gasteiger partial charge is 0.348 e. The van der Waals surface area contributed by atoms with Crippen LogP contribution in [0.1, 0.15) is 11.1 Å². The molecule has 0 spiro atoms. The van der Waals surface area contributed by atoms with E-state index < -0.39 is 11.9 Å².